The zero-order valence-electron chi connectivity index (χ0n) is 11.8. The highest BCUT2D eigenvalue weighted by molar-refractivity contribution is 7.11. The molecule has 0 radical (unpaired) electrons. The number of nitrogen functional groups attached to an aromatic ring is 1. The molecule has 0 aliphatic carbocycles. The lowest BCUT2D eigenvalue weighted by Gasteiger charge is -2.14. The SMILES string of the molecule is Cc1nc(C)c(C(C)NC(=O)c2cc(F)c(F)cc2N)s1. The van der Waals surface area contributed by atoms with Crippen LogP contribution in [0.5, 0.6) is 0 Å². The Morgan fingerprint density at radius 2 is 1.95 bits per heavy atom. The number of aryl methyl sites for hydroxylation is 2. The average molecular weight is 311 g/mol. The first-order valence-corrected chi connectivity index (χ1v) is 7.10. The van der Waals surface area contributed by atoms with Gasteiger partial charge in [-0.2, -0.15) is 0 Å². The molecule has 4 nitrogen and oxygen atoms in total. The summed E-state index contributed by atoms with van der Waals surface area (Å²) in [6, 6.07) is 1.31. The second-order valence-corrected chi connectivity index (χ2v) is 5.97. The van der Waals surface area contributed by atoms with Gasteiger partial charge in [0.05, 0.1) is 22.3 Å². The quantitative estimate of drug-likeness (QED) is 0.856. The Kier molecular flexibility index (Phi) is 4.22. The number of thiazole rings is 1. The molecule has 21 heavy (non-hydrogen) atoms. The minimum atomic E-state index is -1.10. The second-order valence-electron chi connectivity index (χ2n) is 4.73. The predicted molar refractivity (Wildman–Crippen MR) is 78.2 cm³/mol. The van der Waals surface area contributed by atoms with E-state index in [1.807, 2.05) is 13.8 Å². The molecule has 1 unspecified atom stereocenters. The Balaban J connectivity index is 2.22. The summed E-state index contributed by atoms with van der Waals surface area (Å²) in [5, 5.41) is 3.62. The van der Waals surface area contributed by atoms with Crippen LogP contribution in [0.3, 0.4) is 0 Å². The fraction of sp³-hybridized carbons (Fsp3) is 0.286. The monoisotopic (exact) mass is 311 g/mol. The van der Waals surface area contributed by atoms with Crippen molar-refractivity contribution in [2.75, 3.05) is 5.73 Å². The molecule has 2 aromatic rings. The number of halogens is 2. The molecule has 0 fully saturated rings. The van der Waals surface area contributed by atoms with Crippen LogP contribution in [0.4, 0.5) is 14.5 Å². The largest absolute Gasteiger partial charge is 0.398 e. The number of nitrogens with zero attached hydrogens (tertiary/aromatic N) is 1. The van der Waals surface area contributed by atoms with Crippen LogP contribution in [0.1, 0.15) is 38.9 Å². The summed E-state index contributed by atoms with van der Waals surface area (Å²) in [5.41, 5.74) is 6.21. The molecule has 1 heterocycles. The molecule has 1 amide bonds. The van der Waals surface area contributed by atoms with Crippen molar-refractivity contribution >= 4 is 22.9 Å². The lowest BCUT2D eigenvalue weighted by atomic mass is 10.1. The van der Waals surface area contributed by atoms with Gasteiger partial charge in [0.25, 0.3) is 5.91 Å². The third-order valence-corrected chi connectivity index (χ3v) is 4.27. The molecule has 2 rings (SSSR count). The number of nitrogens with one attached hydrogen (secondary N) is 1. The van der Waals surface area contributed by atoms with E-state index in [0.717, 1.165) is 27.7 Å². The number of benzene rings is 1. The van der Waals surface area contributed by atoms with E-state index in [0.29, 0.717) is 0 Å². The van der Waals surface area contributed by atoms with Crippen molar-refractivity contribution in [3.05, 3.63) is 44.9 Å². The van der Waals surface area contributed by atoms with Crippen LogP contribution in [-0.2, 0) is 0 Å². The first-order chi connectivity index (χ1) is 9.79. The Bertz CT molecular complexity index is 700. The topological polar surface area (TPSA) is 68.0 Å². The summed E-state index contributed by atoms with van der Waals surface area (Å²) >= 11 is 1.48. The van der Waals surface area contributed by atoms with Crippen LogP contribution < -0.4 is 11.1 Å². The molecule has 1 aromatic carbocycles. The van der Waals surface area contributed by atoms with E-state index in [1.54, 1.807) is 6.92 Å². The smallest absolute Gasteiger partial charge is 0.253 e. The highest BCUT2D eigenvalue weighted by atomic mass is 32.1. The number of rotatable bonds is 3. The number of anilines is 1. The molecule has 0 spiro atoms. The Hall–Kier alpha value is -2.02. The van der Waals surface area contributed by atoms with Crippen LogP contribution in [0.25, 0.3) is 0 Å². The normalized spacial score (nSPS) is 12.2. The van der Waals surface area contributed by atoms with Crippen LogP contribution in [-0.4, -0.2) is 10.9 Å². The van der Waals surface area contributed by atoms with Gasteiger partial charge in [0.2, 0.25) is 0 Å². The van der Waals surface area contributed by atoms with E-state index in [4.69, 9.17) is 5.73 Å². The van der Waals surface area contributed by atoms with Crippen molar-refractivity contribution in [3.8, 4) is 0 Å². The van der Waals surface area contributed by atoms with Crippen LogP contribution in [0.2, 0.25) is 0 Å². The maximum atomic E-state index is 13.2. The number of aromatic nitrogens is 1. The van der Waals surface area contributed by atoms with Gasteiger partial charge in [0, 0.05) is 16.6 Å². The molecule has 0 saturated carbocycles. The number of carbonyl (C=O) groups excluding carboxylic acids is 1. The zero-order valence-corrected chi connectivity index (χ0v) is 12.6. The highest BCUT2D eigenvalue weighted by Gasteiger charge is 2.19. The third kappa shape index (κ3) is 3.18. The summed E-state index contributed by atoms with van der Waals surface area (Å²) in [6.45, 7) is 5.53. The van der Waals surface area contributed by atoms with Gasteiger partial charge in [-0.1, -0.05) is 0 Å². The summed E-state index contributed by atoms with van der Waals surface area (Å²) in [4.78, 5) is 17.3. The molecular weight excluding hydrogens is 296 g/mol. The zero-order chi connectivity index (χ0) is 15.7. The Morgan fingerprint density at radius 1 is 1.33 bits per heavy atom. The van der Waals surface area contributed by atoms with Crippen molar-refractivity contribution < 1.29 is 13.6 Å². The Morgan fingerprint density at radius 3 is 2.52 bits per heavy atom. The standard InChI is InChI=1S/C14H15F2N3OS/c1-6-13(21-8(3)18-6)7(2)19-14(20)9-4-10(15)11(16)5-12(9)17/h4-5,7H,17H2,1-3H3,(H,19,20). The first-order valence-electron chi connectivity index (χ1n) is 6.29. The summed E-state index contributed by atoms with van der Waals surface area (Å²) in [7, 11) is 0. The van der Waals surface area contributed by atoms with Crippen molar-refractivity contribution in [1.82, 2.24) is 10.3 Å². The molecule has 0 aliphatic heterocycles. The predicted octanol–water partition coefficient (Wildman–Crippen LogP) is 3.11. The van der Waals surface area contributed by atoms with Crippen LogP contribution in [0.15, 0.2) is 12.1 Å². The molecule has 1 atom stereocenters. The molecule has 0 bridgehead atoms. The van der Waals surface area contributed by atoms with Crippen molar-refractivity contribution in [1.29, 1.82) is 0 Å². The summed E-state index contributed by atoms with van der Waals surface area (Å²) in [5.74, 6) is -2.73. The molecule has 0 aliphatic rings. The highest BCUT2D eigenvalue weighted by Crippen LogP contribution is 2.25. The van der Waals surface area contributed by atoms with Gasteiger partial charge in [-0.15, -0.1) is 11.3 Å². The van der Waals surface area contributed by atoms with Gasteiger partial charge < -0.3 is 11.1 Å². The van der Waals surface area contributed by atoms with Gasteiger partial charge in [0.1, 0.15) is 0 Å². The molecule has 0 saturated heterocycles. The summed E-state index contributed by atoms with van der Waals surface area (Å²) < 4.78 is 26.2. The van der Waals surface area contributed by atoms with Crippen molar-refractivity contribution in [2.45, 2.75) is 26.8 Å². The van der Waals surface area contributed by atoms with Crippen LogP contribution in [0, 0.1) is 25.5 Å². The molecule has 3 N–H and O–H groups in total. The minimum Gasteiger partial charge on any atom is -0.398 e. The number of carbonyl (C=O) groups is 1. The number of hydrogen-bond acceptors (Lipinski definition) is 4. The van der Waals surface area contributed by atoms with Gasteiger partial charge in [0.15, 0.2) is 11.6 Å². The van der Waals surface area contributed by atoms with E-state index < -0.39 is 17.5 Å². The van der Waals surface area contributed by atoms with E-state index in [9.17, 15) is 13.6 Å². The summed E-state index contributed by atoms with van der Waals surface area (Å²) in [6.07, 6.45) is 0. The number of hydrogen-bond donors (Lipinski definition) is 2. The maximum absolute atomic E-state index is 13.2. The fourth-order valence-electron chi connectivity index (χ4n) is 2.05. The number of amides is 1. The van der Waals surface area contributed by atoms with Gasteiger partial charge >= 0.3 is 0 Å². The van der Waals surface area contributed by atoms with Crippen molar-refractivity contribution in [2.24, 2.45) is 0 Å². The first kappa shape index (κ1) is 15.4. The lowest BCUT2D eigenvalue weighted by Crippen LogP contribution is -2.27. The maximum Gasteiger partial charge on any atom is 0.253 e. The van der Waals surface area contributed by atoms with E-state index in [2.05, 4.69) is 10.3 Å². The second kappa shape index (κ2) is 5.77. The van der Waals surface area contributed by atoms with E-state index >= 15 is 0 Å². The molecular formula is C14H15F2N3OS. The minimum absolute atomic E-state index is 0.0837. The van der Waals surface area contributed by atoms with E-state index in [1.165, 1.54) is 11.3 Å². The Labute approximate surface area is 125 Å². The van der Waals surface area contributed by atoms with Gasteiger partial charge in [-0.05, 0) is 26.8 Å². The van der Waals surface area contributed by atoms with Gasteiger partial charge in [-0.3, -0.25) is 4.79 Å². The molecule has 1 aromatic heterocycles. The van der Waals surface area contributed by atoms with Gasteiger partial charge in [-0.25, -0.2) is 13.8 Å². The molecule has 7 heteroatoms. The molecule has 112 valence electrons. The van der Waals surface area contributed by atoms with Crippen LogP contribution >= 0.6 is 11.3 Å². The average Bonchev–Trinajstić information content (AvgIpc) is 2.72. The number of nitrogens with two attached hydrogens (primary N) is 1. The third-order valence-electron chi connectivity index (χ3n) is 3.02. The van der Waals surface area contributed by atoms with Crippen molar-refractivity contribution in [3.63, 3.8) is 0 Å². The fourth-order valence-corrected chi connectivity index (χ4v) is 2.98. The lowest BCUT2D eigenvalue weighted by molar-refractivity contribution is 0.0941. The van der Waals surface area contributed by atoms with E-state index in [-0.39, 0.29) is 17.3 Å².